The van der Waals surface area contributed by atoms with Crippen LogP contribution < -0.4 is 0 Å². The van der Waals surface area contributed by atoms with Gasteiger partial charge in [-0.1, -0.05) is 17.2 Å². The van der Waals surface area contributed by atoms with Crippen LogP contribution >= 0.6 is 0 Å². The lowest BCUT2D eigenvalue weighted by Crippen LogP contribution is -2.49. The van der Waals surface area contributed by atoms with Gasteiger partial charge in [-0.25, -0.2) is 9.78 Å². The number of imidazole rings is 1. The van der Waals surface area contributed by atoms with Gasteiger partial charge >= 0.3 is 5.97 Å². The van der Waals surface area contributed by atoms with Crippen molar-refractivity contribution in [1.82, 2.24) is 19.5 Å². The van der Waals surface area contributed by atoms with Gasteiger partial charge in [-0.15, -0.1) is 0 Å². The Labute approximate surface area is 172 Å². The van der Waals surface area contributed by atoms with E-state index in [4.69, 9.17) is 4.84 Å². The number of benzene rings is 1. The molecule has 2 fully saturated rings. The van der Waals surface area contributed by atoms with Crippen molar-refractivity contribution in [2.45, 2.75) is 37.8 Å². The number of nitrogens with zero attached hydrogens (tertiary/aromatic N) is 4. The van der Waals surface area contributed by atoms with Crippen molar-refractivity contribution in [3.8, 4) is 0 Å². The second-order valence-corrected chi connectivity index (χ2v) is 7.88. The third-order valence-corrected chi connectivity index (χ3v) is 5.94. The van der Waals surface area contributed by atoms with Gasteiger partial charge in [0.1, 0.15) is 11.9 Å². The SMILES string of the molecule is Cn1ccnc1[C@@H]1[C@@H](C(=O)ON2C(=O)c3ccccc3C2=O)CCC(=O)N1C1CC1. The predicted molar refractivity (Wildman–Crippen MR) is 102 cm³/mol. The van der Waals surface area contributed by atoms with Crippen LogP contribution in [-0.2, 0) is 21.5 Å². The molecule has 9 heteroatoms. The highest BCUT2D eigenvalue weighted by Crippen LogP contribution is 2.43. The van der Waals surface area contributed by atoms with Crippen molar-refractivity contribution in [2.75, 3.05) is 0 Å². The first-order chi connectivity index (χ1) is 14.5. The van der Waals surface area contributed by atoms with Crippen LogP contribution in [0.3, 0.4) is 0 Å². The van der Waals surface area contributed by atoms with Gasteiger partial charge in [0.05, 0.1) is 17.0 Å². The minimum absolute atomic E-state index is 0.0183. The Kier molecular flexibility index (Phi) is 4.19. The van der Waals surface area contributed by atoms with Crippen molar-refractivity contribution in [3.63, 3.8) is 0 Å². The summed E-state index contributed by atoms with van der Waals surface area (Å²) in [6.07, 6.45) is 5.61. The average molecular weight is 408 g/mol. The van der Waals surface area contributed by atoms with Crippen molar-refractivity contribution >= 4 is 23.7 Å². The number of aryl methyl sites for hydroxylation is 1. The smallest absolute Gasteiger partial charge is 0.336 e. The first kappa shape index (κ1) is 18.5. The second kappa shape index (κ2) is 6.79. The number of piperidine rings is 1. The molecule has 2 atom stereocenters. The van der Waals surface area contributed by atoms with Gasteiger partial charge in [0.15, 0.2) is 0 Å². The number of rotatable bonds is 4. The molecule has 1 aliphatic carbocycles. The molecule has 9 nitrogen and oxygen atoms in total. The van der Waals surface area contributed by atoms with E-state index in [1.807, 2.05) is 0 Å². The van der Waals surface area contributed by atoms with E-state index < -0.39 is 29.7 Å². The van der Waals surface area contributed by atoms with Gasteiger partial charge in [0.2, 0.25) is 5.91 Å². The van der Waals surface area contributed by atoms with Crippen LogP contribution in [0.15, 0.2) is 36.7 Å². The topological polar surface area (TPSA) is 102 Å². The van der Waals surface area contributed by atoms with E-state index in [-0.39, 0.29) is 35.9 Å². The van der Waals surface area contributed by atoms with E-state index in [0.717, 1.165) is 12.8 Å². The summed E-state index contributed by atoms with van der Waals surface area (Å²) in [5, 5.41) is 0.528. The number of hydrogen-bond donors (Lipinski definition) is 0. The average Bonchev–Trinajstić information content (AvgIpc) is 3.45. The molecule has 1 aromatic heterocycles. The van der Waals surface area contributed by atoms with E-state index in [1.54, 1.807) is 41.0 Å². The standard InChI is InChI=1S/C21H20N4O5/c1-23-11-10-22-18(23)17-15(8-9-16(26)24(17)12-6-7-12)21(29)30-25-19(27)13-4-2-3-5-14(13)20(25)28/h2-5,10-12,15,17H,6-9H2,1H3/t15-,17-/m0/s1. The lowest BCUT2D eigenvalue weighted by molar-refractivity contribution is -0.179. The zero-order chi connectivity index (χ0) is 21.0. The molecule has 3 aliphatic rings. The minimum atomic E-state index is -0.728. The number of fused-ring (bicyclic) bond motifs is 1. The Bertz CT molecular complexity index is 1040. The molecule has 0 spiro atoms. The first-order valence-electron chi connectivity index (χ1n) is 9.95. The van der Waals surface area contributed by atoms with Crippen LogP contribution in [0.4, 0.5) is 0 Å². The predicted octanol–water partition coefficient (Wildman–Crippen LogP) is 1.62. The van der Waals surface area contributed by atoms with E-state index in [0.29, 0.717) is 10.9 Å². The molecule has 0 radical (unpaired) electrons. The molecule has 0 unspecified atom stereocenters. The quantitative estimate of drug-likeness (QED) is 0.713. The molecule has 0 bridgehead atoms. The van der Waals surface area contributed by atoms with E-state index in [1.165, 1.54) is 12.1 Å². The highest BCUT2D eigenvalue weighted by molar-refractivity contribution is 6.20. The maximum atomic E-state index is 13.2. The van der Waals surface area contributed by atoms with Gasteiger partial charge in [0, 0.05) is 31.9 Å². The molecular formula is C21H20N4O5. The normalized spacial score (nSPS) is 23.7. The molecule has 3 heterocycles. The maximum Gasteiger partial charge on any atom is 0.338 e. The fourth-order valence-electron chi connectivity index (χ4n) is 4.32. The Balaban J connectivity index is 1.44. The van der Waals surface area contributed by atoms with Crippen molar-refractivity contribution in [2.24, 2.45) is 13.0 Å². The number of amides is 3. The molecular weight excluding hydrogens is 388 g/mol. The fraction of sp³-hybridized carbons (Fsp3) is 0.381. The van der Waals surface area contributed by atoms with Crippen LogP contribution in [0, 0.1) is 5.92 Å². The summed E-state index contributed by atoms with van der Waals surface area (Å²) in [5.74, 6) is -2.20. The third kappa shape index (κ3) is 2.80. The van der Waals surface area contributed by atoms with Crippen molar-refractivity contribution < 1.29 is 24.0 Å². The van der Waals surface area contributed by atoms with Gasteiger partial charge in [0.25, 0.3) is 11.8 Å². The third-order valence-electron chi connectivity index (χ3n) is 5.94. The van der Waals surface area contributed by atoms with E-state index in [2.05, 4.69) is 4.98 Å². The largest absolute Gasteiger partial charge is 0.338 e. The number of likely N-dealkylation sites (tertiary alicyclic amines) is 1. The second-order valence-electron chi connectivity index (χ2n) is 7.88. The number of aromatic nitrogens is 2. The van der Waals surface area contributed by atoms with Crippen LogP contribution in [-0.4, -0.2) is 49.2 Å². The molecule has 3 amide bonds. The molecule has 1 saturated heterocycles. The zero-order valence-corrected chi connectivity index (χ0v) is 16.4. The number of hydrogen-bond acceptors (Lipinski definition) is 6. The summed E-state index contributed by atoms with van der Waals surface area (Å²) in [4.78, 5) is 62.4. The summed E-state index contributed by atoms with van der Waals surface area (Å²) in [6.45, 7) is 0. The number of carbonyl (C=O) groups is 4. The van der Waals surface area contributed by atoms with Crippen molar-refractivity contribution in [1.29, 1.82) is 0 Å². The summed E-state index contributed by atoms with van der Waals surface area (Å²) in [5.41, 5.74) is 0.406. The highest BCUT2D eigenvalue weighted by atomic mass is 16.7. The number of hydroxylamine groups is 2. The molecule has 1 aromatic carbocycles. The van der Waals surface area contributed by atoms with Crippen LogP contribution in [0.25, 0.3) is 0 Å². The van der Waals surface area contributed by atoms with Gasteiger partial charge < -0.3 is 14.3 Å². The summed E-state index contributed by atoms with van der Waals surface area (Å²) >= 11 is 0. The fourth-order valence-corrected chi connectivity index (χ4v) is 4.32. The lowest BCUT2D eigenvalue weighted by Gasteiger charge is -2.39. The minimum Gasteiger partial charge on any atom is -0.336 e. The molecule has 30 heavy (non-hydrogen) atoms. The molecule has 2 aliphatic heterocycles. The van der Waals surface area contributed by atoms with E-state index in [9.17, 15) is 19.2 Å². The Morgan fingerprint density at radius 2 is 1.73 bits per heavy atom. The van der Waals surface area contributed by atoms with Gasteiger partial charge in [-0.3, -0.25) is 14.4 Å². The Morgan fingerprint density at radius 3 is 2.30 bits per heavy atom. The van der Waals surface area contributed by atoms with Gasteiger partial charge in [-0.2, -0.15) is 0 Å². The number of carbonyl (C=O) groups excluding carboxylic acids is 4. The Morgan fingerprint density at radius 1 is 1.07 bits per heavy atom. The number of imide groups is 1. The molecule has 5 rings (SSSR count). The van der Waals surface area contributed by atoms with Gasteiger partial charge in [-0.05, 0) is 31.4 Å². The monoisotopic (exact) mass is 408 g/mol. The molecule has 2 aromatic rings. The summed E-state index contributed by atoms with van der Waals surface area (Å²) in [7, 11) is 1.80. The summed E-state index contributed by atoms with van der Waals surface area (Å²) in [6, 6.07) is 5.82. The van der Waals surface area contributed by atoms with Crippen LogP contribution in [0.2, 0.25) is 0 Å². The maximum absolute atomic E-state index is 13.2. The van der Waals surface area contributed by atoms with E-state index >= 15 is 0 Å². The highest BCUT2D eigenvalue weighted by Gasteiger charge is 2.50. The van der Waals surface area contributed by atoms with Crippen molar-refractivity contribution in [3.05, 3.63) is 53.6 Å². The molecule has 1 saturated carbocycles. The first-order valence-corrected chi connectivity index (χ1v) is 9.95. The lowest BCUT2D eigenvalue weighted by atomic mass is 9.87. The van der Waals surface area contributed by atoms with Crippen LogP contribution in [0.5, 0.6) is 0 Å². The summed E-state index contributed by atoms with van der Waals surface area (Å²) < 4.78 is 1.78. The zero-order valence-electron chi connectivity index (χ0n) is 16.4. The molecule has 154 valence electrons. The Hall–Kier alpha value is -3.49. The van der Waals surface area contributed by atoms with Crippen LogP contribution in [0.1, 0.15) is 58.3 Å². The molecule has 0 N–H and O–H groups in total.